The summed E-state index contributed by atoms with van der Waals surface area (Å²) in [6, 6.07) is 44.0. The van der Waals surface area contributed by atoms with E-state index in [0.29, 0.717) is 34.2 Å². The minimum absolute atomic E-state index is 0.161. The molecule has 0 unspecified atom stereocenters. The van der Waals surface area contributed by atoms with Gasteiger partial charge in [-0.2, -0.15) is 0 Å². The predicted octanol–water partition coefficient (Wildman–Crippen LogP) is 11.5. The molecular weight excluding hydrogens is 613 g/mol. The van der Waals surface area contributed by atoms with Gasteiger partial charge in [-0.05, 0) is 41.5 Å². The van der Waals surface area contributed by atoms with Gasteiger partial charge in [-0.3, -0.25) is 0 Å². The standard InChI is InChI=1S/C45H28N4O/c1-4-13-29(14-5-1)32-23-25-35-34-19-10-11-22-39(34)49(40(35)27-32)33-24-26-36-37-20-12-21-38(42(37)50-41(36)28-33)45-47-43(30-15-6-2-7-16-30)46-44(48-45)31-17-8-3-9-18-31/h1-28H/i1D,4D,5D,13D,14D. The van der Waals surface area contributed by atoms with Crippen molar-refractivity contribution < 1.29 is 11.3 Å². The number of rotatable bonds is 5. The van der Waals surface area contributed by atoms with Crippen LogP contribution in [0.3, 0.4) is 0 Å². The first-order valence-electron chi connectivity index (χ1n) is 18.8. The molecule has 50 heavy (non-hydrogen) atoms. The Morgan fingerprint density at radius 3 is 1.86 bits per heavy atom. The minimum atomic E-state index is -0.417. The zero-order valence-corrected chi connectivity index (χ0v) is 26.5. The monoisotopic (exact) mass is 645 g/mol. The van der Waals surface area contributed by atoms with Crippen molar-refractivity contribution in [3.63, 3.8) is 0 Å². The Balaban J connectivity index is 1.17. The Bertz CT molecular complexity index is 3070. The van der Waals surface area contributed by atoms with E-state index in [1.807, 2.05) is 115 Å². The molecule has 0 aliphatic carbocycles. The summed E-state index contributed by atoms with van der Waals surface area (Å²) in [6.07, 6.45) is 0. The largest absolute Gasteiger partial charge is 0.455 e. The Kier molecular flexibility index (Phi) is 5.35. The van der Waals surface area contributed by atoms with E-state index in [9.17, 15) is 0 Å². The Hall–Kier alpha value is -6.85. The van der Waals surface area contributed by atoms with Crippen molar-refractivity contribution in [1.82, 2.24) is 19.5 Å². The van der Waals surface area contributed by atoms with Crippen LogP contribution in [-0.2, 0) is 0 Å². The lowest BCUT2D eigenvalue weighted by Gasteiger charge is -2.09. The molecule has 0 saturated heterocycles. The molecule has 0 saturated carbocycles. The van der Waals surface area contributed by atoms with Gasteiger partial charge < -0.3 is 8.98 Å². The normalized spacial score (nSPS) is 13.0. The van der Waals surface area contributed by atoms with E-state index in [2.05, 4.69) is 28.8 Å². The Labute approximate surface area is 294 Å². The van der Waals surface area contributed by atoms with E-state index in [4.69, 9.17) is 26.2 Å². The van der Waals surface area contributed by atoms with Gasteiger partial charge in [0.25, 0.3) is 0 Å². The third-order valence-corrected chi connectivity index (χ3v) is 9.14. The summed E-state index contributed by atoms with van der Waals surface area (Å²) in [7, 11) is 0. The first-order chi connectivity index (χ1) is 26.9. The summed E-state index contributed by atoms with van der Waals surface area (Å²) in [5, 5.41) is 3.85. The van der Waals surface area contributed by atoms with Crippen LogP contribution in [0.25, 0.3) is 94.7 Å². The van der Waals surface area contributed by atoms with E-state index in [-0.39, 0.29) is 29.7 Å². The SMILES string of the molecule is [2H]c1c([2H])c([2H])c(-c2ccc3c4ccccc4n(-c4ccc5c(c4)oc4c(-c6nc(-c7ccccc7)nc(-c7ccccc7)n6)cccc45)c3c2)c([2H])c1[2H]. The third-order valence-electron chi connectivity index (χ3n) is 9.14. The highest BCUT2D eigenvalue weighted by atomic mass is 16.3. The smallest absolute Gasteiger partial charge is 0.167 e. The molecule has 3 aromatic heterocycles. The number of para-hydroxylation sites is 2. The number of furan rings is 1. The average molecular weight is 646 g/mol. The van der Waals surface area contributed by atoms with Gasteiger partial charge in [-0.25, -0.2) is 15.0 Å². The van der Waals surface area contributed by atoms with Crippen molar-refractivity contribution in [3.8, 4) is 51.0 Å². The molecule has 0 radical (unpaired) electrons. The quantitative estimate of drug-likeness (QED) is 0.187. The highest BCUT2D eigenvalue weighted by molar-refractivity contribution is 6.12. The van der Waals surface area contributed by atoms with Gasteiger partial charge in [0.1, 0.15) is 11.2 Å². The van der Waals surface area contributed by atoms with Gasteiger partial charge in [0.2, 0.25) is 0 Å². The van der Waals surface area contributed by atoms with Crippen LogP contribution in [0, 0.1) is 0 Å². The second kappa shape index (κ2) is 11.4. The van der Waals surface area contributed by atoms with Crippen LogP contribution in [0.1, 0.15) is 6.85 Å². The molecule has 0 amide bonds. The van der Waals surface area contributed by atoms with Crippen molar-refractivity contribution in [2.75, 3.05) is 0 Å². The van der Waals surface area contributed by atoms with Gasteiger partial charge in [0.15, 0.2) is 17.5 Å². The van der Waals surface area contributed by atoms with E-state index in [0.717, 1.165) is 55.0 Å². The van der Waals surface area contributed by atoms with Crippen LogP contribution < -0.4 is 0 Å². The number of fused-ring (bicyclic) bond motifs is 6. The number of hydrogen-bond donors (Lipinski definition) is 0. The summed E-state index contributed by atoms with van der Waals surface area (Å²) in [5.74, 6) is 1.63. The molecule has 3 heterocycles. The maximum atomic E-state index is 8.64. The molecule has 5 heteroatoms. The molecule has 0 bridgehead atoms. The maximum Gasteiger partial charge on any atom is 0.167 e. The van der Waals surface area contributed by atoms with Crippen LogP contribution in [0.2, 0.25) is 0 Å². The molecule has 7 aromatic carbocycles. The van der Waals surface area contributed by atoms with Gasteiger partial charge in [0.05, 0.1) is 23.5 Å². The van der Waals surface area contributed by atoms with Gasteiger partial charge in [-0.15, -0.1) is 0 Å². The second-order valence-electron chi connectivity index (χ2n) is 12.1. The fraction of sp³-hybridized carbons (Fsp3) is 0. The van der Waals surface area contributed by atoms with Crippen LogP contribution in [0.15, 0.2) is 174 Å². The van der Waals surface area contributed by atoms with Crippen LogP contribution in [0.4, 0.5) is 0 Å². The molecule has 10 aromatic rings. The molecule has 0 atom stereocenters. The lowest BCUT2D eigenvalue weighted by atomic mass is 10.0. The Morgan fingerprint density at radius 1 is 0.460 bits per heavy atom. The van der Waals surface area contributed by atoms with Gasteiger partial charge >= 0.3 is 0 Å². The molecule has 0 aliphatic rings. The van der Waals surface area contributed by atoms with E-state index >= 15 is 0 Å². The molecule has 10 rings (SSSR count). The first kappa shape index (κ1) is 23.5. The molecule has 0 aliphatic heterocycles. The highest BCUT2D eigenvalue weighted by Crippen LogP contribution is 2.39. The fourth-order valence-corrected chi connectivity index (χ4v) is 6.83. The van der Waals surface area contributed by atoms with Crippen LogP contribution in [0.5, 0.6) is 0 Å². The minimum Gasteiger partial charge on any atom is -0.455 e. The highest BCUT2D eigenvalue weighted by Gasteiger charge is 2.19. The van der Waals surface area contributed by atoms with Crippen molar-refractivity contribution in [1.29, 1.82) is 0 Å². The number of aromatic nitrogens is 4. The van der Waals surface area contributed by atoms with Gasteiger partial charge in [0, 0.05) is 44.4 Å². The summed E-state index contributed by atoms with van der Waals surface area (Å²) < 4.78 is 50.8. The van der Waals surface area contributed by atoms with Crippen molar-refractivity contribution in [2.45, 2.75) is 0 Å². The van der Waals surface area contributed by atoms with E-state index in [1.165, 1.54) is 0 Å². The molecule has 234 valence electrons. The lowest BCUT2D eigenvalue weighted by Crippen LogP contribution is -2.00. The average Bonchev–Trinajstić information content (AvgIpc) is 3.78. The lowest BCUT2D eigenvalue weighted by molar-refractivity contribution is 0.669. The van der Waals surface area contributed by atoms with Crippen molar-refractivity contribution in [3.05, 3.63) is 170 Å². The summed E-state index contributed by atoms with van der Waals surface area (Å²) >= 11 is 0. The summed E-state index contributed by atoms with van der Waals surface area (Å²) in [4.78, 5) is 14.8. The van der Waals surface area contributed by atoms with Crippen LogP contribution >= 0.6 is 0 Å². The maximum absolute atomic E-state index is 8.64. The number of benzene rings is 7. The second-order valence-corrected chi connectivity index (χ2v) is 12.1. The number of nitrogens with zero attached hydrogens (tertiary/aromatic N) is 4. The van der Waals surface area contributed by atoms with Crippen molar-refractivity contribution >= 4 is 43.7 Å². The zero-order chi connectivity index (χ0) is 37.4. The van der Waals surface area contributed by atoms with Gasteiger partial charge in [-0.1, -0.05) is 133 Å². The summed E-state index contributed by atoms with van der Waals surface area (Å²) in [6.45, 7) is 0. The topological polar surface area (TPSA) is 56.7 Å². The molecule has 5 nitrogen and oxygen atoms in total. The fourth-order valence-electron chi connectivity index (χ4n) is 6.83. The van der Waals surface area contributed by atoms with Crippen molar-refractivity contribution in [2.24, 2.45) is 0 Å². The molecule has 0 spiro atoms. The number of hydrogen-bond acceptors (Lipinski definition) is 4. The van der Waals surface area contributed by atoms with E-state index < -0.39 is 6.04 Å². The zero-order valence-electron chi connectivity index (χ0n) is 31.5. The third kappa shape index (κ3) is 4.60. The van der Waals surface area contributed by atoms with E-state index in [1.54, 1.807) is 0 Å². The Morgan fingerprint density at radius 2 is 1.10 bits per heavy atom. The predicted molar refractivity (Wildman–Crippen MR) is 203 cm³/mol. The van der Waals surface area contributed by atoms with Crippen LogP contribution in [-0.4, -0.2) is 19.5 Å². The summed E-state index contributed by atoms with van der Waals surface area (Å²) in [5.41, 5.74) is 7.16. The first-order valence-corrected chi connectivity index (χ1v) is 16.3. The molecule has 0 N–H and O–H groups in total. The molecule has 0 fully saturated rings. The molecular formula is C45H28N4O.